The number of aromatic nitrogens is 1. The molecule has 1 aromatic carbocycles. The molecule has 1 unspecified atom stereocenters. The third-order valence-electron chi connectivity index (χ3n) is 4.58. The average Bonchev–Trinajstić information content (AvgIpc) is 3.24. The smallest absolute Gasteiger partial charge is 0.286 e. The van der Waals surface area contributed by atoms with E-state index in [1.54, 1.807) is 5.51 Å². The van der Waals surface area contributed by atoms with E-state index >= 15 is 0 Å². The topological polar surface area (TPSA) is 107 Å². The second kappa shape index (κ2) is 10.7. The second-order valence-electron chi connectivity index (χ2n) is 6.33. The van der Waals surface area contributed by atoms with Gasteiger partial charge in [-0.2, -0.15) is 0 Å². The minimum atomic E-state index is -0.599. The first-order chi connectivity index (χ1) is 13.9. The number of ether oxygens (including phenoxy) is 2. The van der Waals surface area contributed by atoms with Crippen LogP contribution in [-0.4, -0.2) is 53.5 Å². The number of likely N-dealkylation sites (N-methyl/N-ethyl adjacent to an activating group) is 1. The third-order valence-corrected chi connectivity index (χ3v) is 5.21. The van der Waals surface area contributed by atoms with Crippen LogP contribution in [0.2, 0.25) is 0 Å². The minimum absolute atomic E-state index is 0.0698. The summed E-state index contributed by atoms with van der Waals surface area (Å²) in [5, 5.41) is 16.2. The molecule has 0 radical (unpaired) electrons. The van der Waals surface area contributed by atoms with E-state index in [0.717, 1.165) is 13.1 Å². The molecule has 0 aliphatic carbocycles. The van der Waals surface area contributed by atoms with Crippen LogP contribution in [0.3, 0.4) is 0 Å². The molecule has 0 fully saturated rings. The number of carbonyl (C=O) groups is 1. The maximum atomic E-state index is 12.7. The van der Waals surface area contributed by atoms with E-state index in [9.17, 15) is 14.9 Å². The van der Waals surface area contributed by atoms with Crippen LogP contribution in [0, 0.1) is 10.1 Å². The molecular weight excluding hydrogens is 396 g/mol. The fourth-order valence-electron chi connectivity index (χ4n) is 2.93. The fraction of sp³-hybridized carbons (Fsp3) is 0.474. The largest absolute Gasteiger partial charge is 0.493 e. The van der Waals surface area contributed by atoms with E-state index in [4.69, 9.17) is 9.47 Å². The van der Waals surface area contributed by atoms with E-state index in [-0.39, 0.29) is 35.4 Å². The summed E-state index contributed by atoms with van der Waals surface area (Å²) in [4.78, 5) is 29.9. The molecule has 2 rings (SSSR count). The Morgan fingerprint density at radius 1 is 1.34 bits per heavy atom. The predicted molar refractivity (Wildman–Crippen MR) is 111 cm³/mol. The van der Waals surface area contributed by atoms with Gasteiger partial charge in [0.2, 0.25) is 0 Å². The van der Waals surface area contributed by atoms with Gasteiger partial charge in [-0.15, -0.1) is 11.3 Å². The highest BCUT2D eigenvalue weighted by atomic mass is 32.1. The van der Waals surface area contributed by atoms with Crippen molar-refractivity contribution in [3.63, 3.8) is 0 Å². The maximum absolute atomic E-state index is 12.7. The van der Waals surface area contributed by atoms with Crippen molar-refractivity contribution in [2.75, 3.05) is 26.7 Å². The van der Waals surface area contributed by atoms with Crippen molar-refractivity contribution in [2.45, 2.75) is 33.4 Å². The number of nitrogens with one attached hydrogen (secondary N) is 1. The first-order valence-electron chi connectivity index (χ1n) is 9.29. The highest BCUT2D eigenvalue weighted by Crippen LogP contribution is 2.35. The first kappa shape index (κ1) is 22.6. The highest BCUT2D eigenvalue weighted by molar-refractivity contribution is 7.07. The number of nitrogens with zero attached hydrogens (tertiary/aromatic N) is 3. The number of hydrogen-bond acceptors (Lipinski definition) is 8. The molecule has 29 heavy (non-hydrogen) atoms. The van der Waals surface area contributed by atoms with E-state index in [2.05, 4.69) is 15.2 Å². The summed E-state index contributed by atoms with van der Waals surface area (Å²) in [5.41, 5.74) is 1.96. The average molecular weight is 423 g/mol. The van der Waals surface area contributed by atoms with E-state index in [1.807, 2.05) is 26.2 Å². The monoisotopic (exact) mass is 422 g/mol. The SMILES string of the molecule is CCN(CC)C(C)CNC(=O)c1cc(OC)c(OCc2cscn2)cc1[N+](=O)[O-]. The first-order valence-corrected chi connectivity index (χ1v) is 10.2. The van der Waals surface area contributed by atoms with Crippen molar-refractivity contribution >= 4 is 22.9 Å². The van der Waals surface area contributed by atoms with Crippen LogP contribution in [0.15, 0.2) is 23.0 Å². The number of methoxy groups -OCH3 is 1. The van der Waals surface area contributed by atoms with Crippen molar-refractivity contribution in [3.8, 4) is 11.5 Å². The summed E-state index contributed by atoms with van der Waals surface area (Å²) in [6.07, 6.45) is 0. The van der Waals surface area contributed by atoms with Crippen molar-refractivity contribution in [3.05, 3.63) is 44.4 Å². The van der Waals surface area contributed by atoms with E-state index < -0.39 is 10.8 Å². The Kier molecular flexibility index (Phi) is 8.34. The Morgan fingerprint density at radius 2 is 2.07 bits per heavy atom. The fourth-order valence-corrected chi connectivity index (χ4v) is 3.47. The van der Waals surface area contributed by atoms with Gasteiger partial charge in [0.25, 0.3) is 11.6 Å². The summed E-state index contributed by atoms with van der Waals surface area (Å²) in [6.45, 7) is 8.31. The van der Waals surface area contributed by atoms with E-state index in [1.165, 1.54) is 30.6 Å². The number of thiazole rings is 1. The number of rotatable bonds is 11. The maximum Gasteiger partial charge on any atom is 0.286 e. The number of carbonyl (C=O) groups excluding carboxylic acids is 1. The van der Waals surface area contributed by atoms with Gasteiger partial charge in [-0.25, -0.2) is 4.98 Å². The van der Waals surface area contributed by atoms with Gasteiger partial charge in [0, 0.05) is 24.0 Å². The number of hydrogen-bond donors (Lipinski definition) is 1. The molecule has 1 N–H and O–H groups in total. The van der Waals surface area contributed by atoms with Crippen LogP contribution < -0.4 is 14.8 Å². The lowest BCUT2D eigenvalue weighted by molar-refractivity contribution is -0.385. The molecule has 0 aliphatic heterocycles. The summed E-state index contributed by atoms with van der Waals surface area (Å²) in [5.74, 6) is -0.104. The zero-order valence-electron chi connectivity index (χ0n) is 17.0. The van der Waals surface area contributed by atoms with E-state index in [0.29, 0.717) is 12.2 Å². The summed E-state index contributed by atoms with van der Waals surface area (Å²) < 4.78 is 10.9. The Hall–Kier alpha value is -2.72. The summed E-state index contributed by atoms with van der Waals surface area (Å²) >= 11 is 1.42. The van der Waals surface area contributed by atoms with Gasteiger partial charge in [-0.05, 0) is 20.0 Å². The molecule has 1 amide bonds. The van der Waals surface area contributed by atoms with Crippen molar-refractivity contribution in [1.82, 2.24) is 15.2 Å². The lowest BCUT2D eigenvalue weighted by Crippen LogP contribution is -2.42. The normalized spacial score (nSPS) is 11.9. The van der Waals surface area contributed by atoms with Crippen molar-refractivity contribution in [2.24, 2.45) is 0 Å². The van der Waals surface area contributed by atoms with Crippen LogP contribution in [0.25, 0.3) is 0 Å². The number of nitro benzene ring substituents is 1. The molecular formula is C19H26N4O5S. The van der Waals surface area contributed by atoms with Crippen LogP contribution in [0.4, 0.5) is 5.69 Å². The predicted octanol–water partition coefficient (Wildman–Crippen LogP) is 3.10. The Morgan fingerprint density at radius 3 is 2.62 bits per heavy atom. The minimum Gasteiger partial charge on any atom is -0.493 e. The van der Waals surface area contributed by atoms with Gasteiger partial charge in [0.1, 0.15) is 12.2 Å². The second-order valence-corrected chi connectivity index (χ2v) is 7.04. The number of nitro groups is 1. The molecule has 0 spiro atoms. The lowest BCUT2D eigenvalue weighted by Gasteiger charge is -2.26. The van der Waals surface area contributed by atoms with Crippen LogP contribution in [0.1, 0.15) is 36.8 Å². The number of benzene rings is 1. The van der Waals surface area contributed by atoms with Gasteiger partial charge in [-0.1, -0.05) is 13.8 Å². The molecule has 0 saturated carbocycles. The zero-order valence-corrected chi connectivity index (χ0v) is 17.8. The van der Waals surface area contributed by atoms with Gasteiger partial charge in [0.15, 0.2) is 11.5 Å². The summed E-state index contributed by atoms with van der Waals surface area (Å²) in [7, 11) is 1.42. The van der Waals surface area contributed by atoms with Crippen LogP contribution in [0.5, 0.6) is 11.5 Å². The quantitative estimate of drug-likeness (QED) is 0.438. The van der Waals surface area contributed by atoms with Gasteiger partial charge in [0.05, 0.1) is 29.3 Å². The molecule has 2 aromatic rings. The molecule has 1 heterocycles. The molecule has 1 aromatic heterocycles. The molecule has 10 heteroatoms. The number of amides is 1. The van der Waals surface area contributed by atoms with Crippen LogP contribution in [-0.2, 0) is 6.61 Å². The Labute approximate surface area is 173 Å². The van der Waals surface area contributed by atoms with Crippen molar-refractivity contribution < 1.29 is 19.2 Å². The Balaban J connectivity index is 2.21. The molecule has 9 nitrogen and oxygen atoms in total. The van der Waals surface area contributed by atoms with Gasteiger partial charge < -0.3 is 14.8 Å². The molecule has 0 bridgehead atoms. The molecule has 1 atom stereocenters. The molecule has 0 aliphatic rings. The van der Waals surface area contributed by atoms with Crippen molar-refractivity contribution in [1.29, 1.82) is 0 Å². The Bertz CT molecular complexity index is 824. The highest BCUT2D eigenvalue weighted by Gasteiger charge is 2.25. The van der Waals surface area contributed by atoms with Gasteiger partial charge >= 0.3 is 0 Å². The van der Waals surface area contributed by atoms with Crippen LogP contribution >= 0.6 is 11.3 Å². The lowest BCUT2D eigenvalue weighted by atomic mass is 10.1. The molecule has 0 saturated heterocycles. The third kappa shape index (κ3) is 5.88. The van der Waals surface area contributed by atoms with Gasteiger partial charge in [-0.3, -0.25) is 19.8 Å². The standard InChI is InChI=1S/C19H26N4O5S/c1-5-22(6-2)13(3)9-20-19(24)15-7-17(27-4)18(8-16(15)23(25)26)28-10-14-11-29-12-21-14/h7-8,11-13H,5-6,9-10H2,1-4H3,(H,20,24). The summed E-state index contributed by atoms with van der Waals surface area (Å²) in [6, 6.07) is 2.66. The molecule has 158 valence electrons. The zero-order chi connectivity index (χ0) is 21.4.